The summed E-state index contributed by atoms with van der Waals surface area (Å²) in [6.07, 6.45) is 3.04. The van der Waals surface area contributed by atoms with Crippen LogP contribution in [-0.4, -0.2) is 72.8 Å². The molecular formula is C21H26N6O3. The standard InChI is InChI=1S/C21H26N6O3/c1-21(30-3)4-6-27(7-5-21)18-14-8-16(20(29)24-13-11-26(2)12-13)23-10-17(14)25-19(28)15(18)9-22/h8,10,13H,4-7,11-12H2,1-3H3,(H,24,29)(H,25,28). The summed E-state index contributed by atoms with van der Waals surface area (Å²) in [5, 5.41) is 13.3. The first-order chi connectivity index (χ1) is 14.3. The fourth-order valence-corrected chi connectivity index (χ4v) is 4.19. The van der Waals surface area contributed by atoms with Crippen molar-refractivity contribution in [2.24, 2.45) is 0 Å². The number of carbonyl (C=O) groups is 1. The first-order valence-corrected chi connectivity index (χ1v) is 10.1. The van der Waals surface area contributed by atoms with Gasteiger partial charge in [-0.3, -0.25) is 9.59 Å². The largest absolute Gasteiger partial charge is 0.378 e. The van der Waals surface area contributed by atoms with Crippen molar-refractivity contribution in [1.29, 1.82) is 5.26 Å². The van der Waals surface area contributed by atoms with Crippen molar-refractivity contribution in [2.45, 2.75) is 31.4 Å². The average Bonchev–Trinajstić information content (AvgIpc) is 2.72. The van der Waals surface area contributed by atoms with Gasteiger partial charge in [0.25, 0.3) is 11.5 Å². The highest BCUT2D eigenvalue weighted by molar-refractivity contribution is 6.00. The Morgan fingerprint density at radius 3 is 2.70 bits per heavy atom. The van der Waals surface area contributed by atoms with E-state index < -0.39 is 5.56 Å². The van der Waals surface area contributed by atoms with E-state index in [9.17, 15) is 14.9 Å². The third-order valence-corrected chi connectivity index (χ3v) is 6.25. The molecule has 0 aliphatic carbocycles. The van der Waals surface area contributed by atoms with Gasteiger partial charge in [-0.2, -0.15) is 5.26 Å². The van der Waals surface area contributed by atoms with E-state index in [0.29, 0.717) is 29.7 Å². The number of nitriles is 1. The van der Waals surface area contributed by atoms with Gasteiger partial charge in [0.1, 0.15) is 17.3 Å². The van der Waals surface area contributed by atoms with Crippen LogP contribution in [0, 0.1) is 11.3 Å². The number of likely N-dealkylation sites (tertiary alicyclic amines) is 1. The number of H-pyrrole nitrogens is 1. The molecule has 0 radical (unpaired) electrons. The number of amides is 1. The number of nitrogens with zero attached hydrogens (tertiary/aromatic N) is 4. The van der Waals surface area contributed by atoms with Gasteiger partial charge in [0.2, 0.25) is 0 Å². The van der Waals surface area contributed by atoms with Crippen LogP contribution in [0.25, 0.3) is 10.9 Å². The monoisotopic (exact) mass is 410 g/mol. The normalized spacial score (nSPS) is 19.3. The Hall–Kier alpha value is -2.96. The molecule has 1 amide bonds. The van der Waals surface area contributed by atoms with Crippen LogP contribution in [0.5, 0.6) is 0 Å². The smallest absolute Gasteiger partial charge is 0.270 e. The number of carbonyl (C=O) groups excluding carboxylic acids is 1. The summed E-state index contributed by atoms with van der Waals surface area (Å²) in [5.41, 5.74) is 0.734. The van der Waals surface area contributed by atoms with Gasteiger partial charge in [-0.25, -0.2) is 4.98 Å². The van der Waals surface area contributed by atoms with E-state index in [4.69, 9.17) is 4.74 Å². The SMILES string of the molecule is COC1(C)CCN(c2c(C#N)c(=O)[nH]c3cnc(C(=O)NC4CN(C)C4)cc23)CC1. The van der Waals surface area contributed by atoms with Gasteiger partial charge in [0.05, 0.1) is 29.0 Å². The number of hydrogen-bond donors (Lipinski definition) is 2. The third kappa shape index (κ3) is 3.64. The summed E-state index contributed by atoms with van der Waals surface area (Å²) in [5.74, 6) is -0.253. The number of pyridine rings is 2. The van der Waals surface area contributed by atoms with Crippen molar-refractivity contribution in [3.05, 3.63) is 33.9 Å². The van der Waals surface area contributed by atoms with Gasteiger partial charge < -0.3 is 24.8 Å². The molecule has 4 heterocycles. The number of methoxy groups -OCH3 is 1. The summed E-state index contributed by atoms with van der Waals surface area (Å²) in [6, 6.07) is 3.83. The van der Waals surface area contributed by atoms with Crippen LogP contribution in [0.3, 0.4) is 0 Å². The molecule has 9 nitrogen and oxygen atoms in total. The van der Waals surface area contributed by atoms with Crippen LogP contribution in [-0.2, 0) is 4.74 Å². The molecule has 0 bridgehead atoms. The van der Waals surface area contributed by atoms with Crippen molar-refractivity contribution in [2.75, 3.05) is 45.2 Å². The molecule has 2 aliphatic heterocycles. The molecule has 2 aromatic heterocycles. The number of ether oxygens (including phenoxy) is 1. The summed E-state index contributed by atoms with van der Waals surface area (Å²) in [7, 11) is 3.70. The first kappa shape index (κ1) is 20.3. The van der Waals surface area contributed by atoms with E-state index in [0.717, 1.165) is 25.9 Å². The van der Waals surface area contributed by atoms with E-state index in [1.165, 1.54) is 6.20 Å². The second kappa shape index (κ2) is 7.70. The fraction of sp³-hybridized carbons (Fsp3) is 0.524. The van der Waals surface area contributed by atoms with Gasteiger partial charge in [0.15, 0.2) is 0 Å². The van der Waals surface area contributed by atoms with Gasteiger partial charge in [-0.15, -0.1) is 0 Å². The molecule has 2 aliphatic rings. The second-order valence-corrected chi connectivity index (χ2v) is 8.44. The first-order valence-electron chi connectivity index (χ1n) is 10.1. The lowest BCUT2D eigenvalue weighted by atomic mass is 9.92. The average molecular weight is 410 g/mol. The number of rotatable bonds is 4. The van der Waals surface area contributed by atoms with Crippen molar-refractivity contribution < 1.29 is 9.53 Å². The maximum atomic E-state index is 12.7. The number of piperidine rings is 1. The van der Waals surface area contributed by atoms with E-state index in [1.807, 2.05) is 18.0 Å². The second-order valence-electron chi connectivity index (χ2n) is 8.44. The molecule has 2 fully saturated rings. The van der Waals surface area contributed by atoms with Crippen LogP contribution in [0.4, 0.5) is 5.69 Å². The number of hydrogen-bond acceptors (Lipinski definition) is 7. The number of likely N-dealkylation sites (N-methyl/N-ethyl adjacent to an activating group) is 1. The van der Waals surface area contributed by atoms with Crippen molar-refractivity contribution in [3.63, 3.8) is 0 Å². The van der Waals surface area contributed by atoms with E-state index in [2.05, 4.69) is 27.1 Å². The maximum absolute atomic E-state index is 12.7. The molecule has 9 heteroatoms. The molecule has 0 saturated carbocycles. The van der Waals surface area contributed by atoms with Crippen LogP contribution in [0.2, 0.25) is 0 Å². The Bertz CT molecular complexity index is 1070. The maximum Gasteiger partial charge on any atom is 0.270 e. The molecule has 0 unspecified atom stereocenters. The van der Waals surface area contributed by atoms with Crippen molar-refractivity contribution in [3.8, 4) is 6.07 Å². The summed E-state index contributed by atoms with van der Waals surface area (Å²) in [6.45, 7) is 4.98. The zero-order chi connectivity index (χ0) is 21.5. The molecule has 158 valence electrons. The molecular weight excluding hydrogens is 384 g/mol. The van der Waals surface area contributed by atoms with Gasteiger partial charge in [0, 0.05) is 38.7 Å². The van der Waals surface area contributed by atoms with Gasteiger partial charge in [-0.05, 0) is 32.9 Å². The lowest BCUT2D eigenvalue weighted by molar-refractivity contribution is -0.0132. The molecule has 2 N–H and O–H groups in total. The zero-order valence-corrected chi connectivity index (χ0v) is 17.5. The predicted octanol–water partition coefficient (Wildman–Crippen LogP) is 0.844. The summed E-state index contributed by atoms with van der Waals surface area (Å²) in [4.78, 5) is 36.3. The highest BCUT2D eigenvalue weighted by Gasteiger charge is 2.32. The topological polar surface area (TPSA) is 114 Å². The van der Waals surface area contributed by atoms with E-state index in [1.54, 1.807) is 13.2 Å². The quantitative estimate of drug-likeness (QED) is 0.768. The van der Waals surface area contributed by atoms with Crippen LogP contribution >= 0.6 is 0 Å². The highest BCUT2D eigenvalue weighted by atomic mass is 16.5. The van der Waals surface area contributed by atoms with E-state index >= 15 is 0 Å². The Labute approximate surface area is 174 Å². The van der Waals surface area contributed by atoms with Gasteiger partial charge >= 0.3 is 0 Å². The lowest BCUT2D eigenvalue weighted by Crippen LogP contribution is -2.57. The Morgan fingerprint density at radius 2 is 2.10 bits per heavy atom. The van der Waals surface area contributed by atoms with Crippen molar-refractivity contribution in [1.82, 2.24) is 20.2 Å². The summed E-state index contributed by atoms with van der Waals surface area (Å²) >= 11 is 0. The van der Waals surface area contributed by atoms with Crippen LogP contribution in [0.1, 0.15) is 35.8 Å². The molecule has 0 spiro atoms. The minimum Gasteiger partial charge on any atom is -0.378 e. The molecule has 4 rings (SSSR count). The number of anilines is 1. The van der Waals surface area contributed by atoms with Crippen LogP contribution < -0.4 is 15.8 Å². The van der Waals surface area contributed by atoms with E-state index in [-0.39, 0.29) is 28.8 Å². The molecule has 0 aromatic carbocycles. The molecule has 2 aromatic rings. The molecule has 30 heavy (non-hydrogen) atoms. The van der Waals surface area contributed by atoms with Gasteiger partial charge in [-0.1, -0.05) is 0 Å². The fourth-order valence-electron chi connectivity index (χ4n) is 4.19. The van der Waals surface area contributed by atoms with Crippen molar-refractivity contribution >= 4 is 22.5 Å². The predicted molar refractivity (Wildman–Crippen MR) is 113 cm³/mol. The minimum absolute atomic E-state index is 0.0571. The number of aromatic amines is 1. The Kier molecular flexibility index (Phi) is 5.22. The number of nitrogens with one attached hydrogen (secondary N) is 2. The number of fused-ring (bicyclic) bond motifs is 1. The molecule has 0 atom stereocenters. The Balaban J connectivity index is 1.72. The van der Waals surface area contributed by atoms with Crippen LogP contribution in [0.15, 0.2) is 17.1 Å². The lowest BCUT2D eigenvalue weighted by Gasteiger charge is -2.40. The minimum atomic E-state index is -0.448. The highest BCUT2D eigenvalue weighted by Crippen LogP contribution is 2.33. The number of aromatic nitrogens is 2. The Morgan fingerprint density at radius 1 is 1.40 bits per heavy atom. The third-order valence-electron chi connectivity index (χ3n) is 6.25. The molecule has 2 saturated heterocycles. The summed E-state index contributed by atoms with van der Waals surface area (Å²) < 4.78 is 5.62. The zero-order valence-electron chi connectivity index (χ0n) is 17.5.